The lowest BCUT2D eigenvalue weighted by molar-refractivity contribution is 0.0524. The summed E-state index contributed by atoms with van der Waals surface area (Å²) in [4.78, 5) is 26.3. The maximum Gasteiger partial charge on any atom is 0.341 e. The van der Waals surface area contributed by atoms with E-state index in [1.807, 2.05) is 18.2 Å². The minimum atomic E-state index is -0.558. The second-order valence-corrected chi connectivity index (χ2v) is 8.47. The highest BCUT2D eigenvalue weighted by Gasteiger charge is 2.29. The van der Waals surface area contributed by atoms with Crippen LogP contribution < -0.4 is 0 Å². The fourth-order valence-electron chi connectivity index (χ4n) is 4.49. The third-order valence-electron chi connectivity index (χ3n) is 6.08. The maximum absolute atomic E-state index is 15.3. The van der Waals surface area contributed by atoms with Crippen molar-refractivity contribution < 1.29 is 18.7 Å². The molecule has 0 bridgehead atoms. The number of hydrogen-bond acceptors (Lipinski definition) is 4. The Bertz CT molecular complexity index is 1180. The molecule has 0 aliphatic heterocycles. The van der Waals surface area contributed by atoms with Crippen LogP contribution in [-0.2, 0) is 4.74 Å². The predicted octanol–water partition coefficient (Wildman–Crippen LogP) is 5.21. The number of benzene rings is 2. The monoisotopic (exact) mass is 449 g/mol. The molecule has 1 saturated carbocycles. The van der Waals surface area contributed by atoms with Crippen molar-refractivity contribution in [3.63, 3.8) is 0 Å². The van der Waals surface area contributed by atoms with Crippen molar-refractivity contribution in [2.24, 2.45) is 0 Å². The number of rotatable bonds is 6. The minimum Gasteiger partial charge on any atom is -0.462 e. The summed E-state index contributed by atoms with van der Waals surface area (Å²) in [6.45, 7) is 2.08. The smallest absolute Gasteiger partial charge is 0.341 e. The van der Waals surface area contributed by atoms with Crippen molar-refractivity contribution in [3.8, 4) is 16.8 Å². The predicted molar refractivity (Wildman–Crippen MR) is 124 cm³/mol. The summed E-state index contributed by atoms with van der Waals surface area (Å²) in [6.07, 6.45) is 5.75. The molecule has 1 amide bonds. The van der Waals surface area contributed by atoms with E-state index in [4.69, 9.17) is 4.74 Å². The molecule has 1 fully saturated rings. The zero-order valence-corrected chi connectivity index (χ0v) is 19.2. The van der Waals surface area contributed by atoms with E-state index in [9.17, 15) is 9.59 Å². The second-order valence-electron chi connectivity index (χ2n) is 8.47. The van der Waals surface area contributed by atoms with Crippen LogP contribution in [0.15, 0.2) is 48.7 Å². The molecule has 0 N–H and O–H groups in total. The molecule has 0 saturated heterocycles. The standard InChI is InChI=1S/C26H28FN3O3/c1-4-33-26(32)22-16-28-30(24(22)17-9-5-6-10-17)19-12-7-11-18(15-19)20-13-8-14-21(23(20)27)25(31)29(2)3/h7-8,11-17H,4-6,9-10H2,1-3H3. The first-order chi connectivity index (χ1) is 15.9. The average Bonchev–Trinajstić information content (AvgIpc) is 3.49. The molecule has 0 spiro atoms. The number of nitrogens with zero attached hydrogens (tertiary/aromatic N) is 3. The number of esters is 1. The number of carbonyl (C=O) groups is 2. The summed E-state index contributed by atoms with van der Waals surface area (Å²) in [7, 11) is 3.19. The molecular weight excluding hydrogens is 421 g/mol. The molecule has 6 nitrogen and oxygen atoms in total. The molecule has 1 aliphatic carbocycles. The van der Waals surface area contributed by atoms with Crippen molar-refractivity contribution in [2.45, 2.75) is 38.5 Å². The van der Waals surface area contributed by atoms with Gasteiger partial charge in [-0.15, -0.1) is 0 Å². The third-order valence-corrected chi connectivity index (χ3v) is 6.08. The van der Waals surface area contributed by atoms with Gasteiger partial charge in [-0.05, 0) is 43.5 Å². The first kappa shape index (κ1) is 22.7. The van der Waals surface area contributed by atoms with Crippen LogP contribution in [0.25, 0.3) is 16.8 Å². The highest BCUT2D eigenvalue weighted by atomic mass is 19.1. The van der Waals surface area contributed by atoms with Crippen molar-refractivity contribution in [2.75, 3.05) is 20.7 Å². The summed E-state index contributed by atoms with van der Waals surface area (Å²) in [5.74, 6) is -1.10. The summed E-state index contributed by atoms with van der Waals surface area (Å²) in [6, 6.07) is 12.2. The van der Waals surface area contributed by atoms with E-state index in [-0.39, 0.29) is 23.4 Å². The number of amides is 1. The zero-order valence-electron chi connectivity index (χ0n) is 19.2. The van der Waals surface area contributed by atoms with E-state index >= 15 is 4.39 Å². The summed E-state index contributed by atoms with van der Waals surface area (Å²) in [5, 5.41) is 4.52. The topological polar surface area (TPSA) is 64.4 Å². The lowest BCUT2D eigenvalue weighted by Crippen LogP contribution is -2.22. The van der Waals surface area contributed by atoms with Crippen molar-refractivity contribution in [1.29, 1.82) is 0 Å². The van der Waals surface area contributed by atoms with Gasteiger partial charge in [0.25, 0.3) is 5.91 Å². The number of carbonyl (C=O) groups excluding carboxylic acids is 2. The number of hydrogen-bond donors (Lipinski definition) is 0. The Hall–Kier alpha value is -3.48. The van der Waals surface area contributed by atoms with Crippen LogP contribution in [0.3, 0.4) is 0 Å². The third kappa shape index (κ3) is 4.40. The molecule has 4 rings (SSSR count). The first-order valence-electron chi connectivity index (χ1n) is 11.3. The van der Waals surface area contributed by atoms with Gasteiger partial charge in [0.15, 0.2) is 0 Å². The normalized spacial score (nSPS) is 13.8. The van der Waals surface area contributed by atoms with Crippen LogP contribution in [0, 0.1) is 5.82 Å². The molecule has 0 radical (unpaired) electrons. The Morgan fingerprint density at radius 3 is 2.55 bits per heavy atom. The maximum atomic E-state index is 15.3. The Morgan fingerprint density at radius 2 is 1.85 bits per heavy atom. The molecule has 7 heteroatoms. The van der Waals surface area contributed by atoms with E-state index < -0.39 is 5.82 Å². The molecule has 0 unspecified atom stereocenters. The quantitative estimate of drug-likeness (QED) is 0.485. The van der Waals surface area contributed by atoms with E-state index in [1.165, 1.54) is 11.0 Å². The Morgan fingerprint density at radius 1 is 1.12 bits per heavy atom. The van der Waals surface area contributed by atoms with E-state index in [0.29, 0.717) is 23.3 Å². The van der Waals surface area contributed by atoms with Crippen LogP contribution in [0.2, 0.25) is 0 Å². The molecule has 0 atom stereocenters. The highest BCUT2D eigenvalue weighted by molar-refractivity contribution is 5.95. The summed E-state index contributed by atoms with van der Waals surface area (Å²) < 4.78 is 22.3. The number of aromatic nitrogens is 2. The molecule has 3 aromatic rings. The van der Waals surface area contributed by atoms with Gasteiger partial charge in [-0.2, -0.15) is 5.10 Å². The lowest BCUT2D eigenvalue weighted by Gasteiger charge is -2.16. The molecule has 1 aliphatic rings. The van der Waals surface area contributed by atoms with Gasteiger partial charge in [0.05, 0.1) is 29.7 Å². The van der Waals surface area contributed by atoms with Gasteiger partial charge in [0.2, 0.25) is 0 Å². The Labute approximate surface area is 193 Å². The van der Waals surface area contributed by atoms with Crippen molar-refractivity contribution in [3.05, 3.63) is 71.3 Å². The van der Waals surface area contributed by atoms with Crippen LogP contribution >= 0.6 is 0 Å². The van der Waals surface area contributed by atoms with Crippen LogP contribution in [0.4, 0.5) is 4.39 Å². The Kier molecular flexibility index (Phi) is 6.58. The zero-order chi connectivity index (χ0) is 23.5. The van der Waals surface area contributed by atoms with Gasteiger partial charge in [-0.3, -0.25) is 4.79 Å². The number of halogens is 1. The van der Waals surface area contributed by atoms with Crippen LogP contribution in [0.1, 0.15) is 64.9 Å². The molecule has 1 aromatic heterocycles. The van der Waals surface area contributed by atoms with Gasteiger partial charge >= 0.3 is 5.97 Å². The Balaban J connectivity index is 1.79. The van der Waals surface area contributed by atoms with Crippen molar-refractivity contribution in [1.82, 2.24) is 14.7 Å². The van der Waals surface area contributed by atoms with E-state index in [0.717, 1.165) is 37.1 Å². The largest absolute Gasteiger partial charge is 0.462 e. The summed E-state index contributed by atoms with van der Waals surface area (Å²) >= 11 is 0. The molecule has 33 heavy (non-hydrogen) atoms. The van der Waals surface area contributed by atoms with Gasteiger partial charge in [-0.25, -0.2) is 13.9 Å². The van der Waals surface area contributed by atoms with Gasteiger partial charge in [0, 0.05) is 25.6 Å². The molecule has 2 aromatic carbocycles. The van der Waals surface area contributed by atoms with Crippen LogP contribution in [-0.4, -0.2) is 47.3 Å². The average molecular weight is 450 g/mol. The van der Waals surface area contributed by atoms with Crippen molar-refractivity contribution >= 4 is 11.9 Å². The second kappa shape index (κ2) is 9.57. The van der Waals surface area contributed by atoms with Gasteiger partial charge in [0.1, 0.15) is 11.4 Å². The first-order valence-corrected chi connectivity index (χ1v) is 11.3. The fraction of sp³-hybridized carbons (Fsp3) is 0.346. The molecule has 1 heterocycles. The number of ether oxygens (including phenoxy) is 1. The SMILES string of the molecule is CCOC(=O)c1cnn(-c2cccc(-c3cccc(C(=O)N(C)C)c3F)c2)c1C1CCCC1. The molecular formula is C26H28FN3O3. The van der Waals surface area contributed by atoms with Gasteiger partial charge < -0.3 is 9.64 Å². The fourth-order valence-corrected chi connectivity index (χ4v) is 4.49. The summed E-state index contributed by atoms with van der Waals surface area (Å²) in [5.41, 5.74) is 3.06. The van der Waals surface area contributed by atoms with E-state index in [2.05, 4.69) is 5.10 Å². The minimum absolute atomic E-state index is 0.0261. The van der Waals surface area contributed by atoms with Crippen LogP contribution in [0.5, 0.6) is 0 Å². The highest BCUT2D eigenvalue weighted by Crippen LogP contribution is 2.37. The molecule has 172 valence electrons. The van der Waals surface area contributed by atoms with E-state index in [1.54, 1.807) is 50.1 Å². The lowest BCUT2D eigenvalue weighted by atomic mass is 9.99. The van der Waals surface area contributed by atoms with Gasteiger partial charge in [-0.1, -0.05) is 37.1 Å².